The number of aromatic nitrogens is 2. The van der Waals surface area contributed by atoms with E-state index in [1.165, 1.54) is 28.6 Å². The Kier molecular flexibility index (Phi) is 6.54. The number of para-hydroxylation sites is 1. The number of rotatable bonds is 6. The lowest BCUT2D eigenvalue weighted by Crippen LogP contribution is -2.52. The molecule has 178 valence electrons. The smallest absolute Gasteiger partial charge is 0.338 e. The average Bonchev–Trinajstić information content (AvgIpc) is 3.13. The van der Waals surface area contributed by atoms with Crippen molar-refractivity contribution in [2.75, 3.05) is 19.7 Å². The van der Waals surface area contributed by atoms with Crippen molar-refractivity contribution in [3.05, 3.63) is 77.1 Å². The van der Waals surface area contributed by atoms with Gasteiger partial charge in [-0.05, 0) is 57.2 Å². The van der Waals surface area contributed by atoms with Crippen LogP contribution in [0.2, 0.25) is 0 Å². The van der Waals surface area contributed by atoms with Crippen molar-refractivity contribution in [3.8, 4) is 5.69 Å². The van der Waals surface area contributed by atoms with Gasteiger partial charge in [-0.2, -0.15) is 9.40 Å². The van der Waals surface area contributed by atoms with E-state index < -0.39 is 27.9 Å². The summed E-state index contributed by atoms with van der Waals surface area (Å²) in [6, 6.07) is 13.9. The van der Waals surface area contributed by atoms with Crippen LogP contribution in [0, 0.1) is 13.8 Å². The maximum atomic E-state index is 13.6. The summed E-state index contributed by atoms with van der Waals surface area (Å²) in [7, 11) is -4.05. The lowest BCUT2D eigenvalue weighted by molar-refractivity contribution is -0.127. The van der Waals surface area contributed by atoms with Gasteiger partial charge in [-0.1, -0.05) is 18.2 Å². The minimum atomic E-state index is -4.05. The van der Waals surface area contributed by atoms with Gasteiger partial charge in [0.25, 0.3) is 0 Å². The summed E-state index contributed by atoms with van der Waals surface area (Å²) >= 11 is 0. The standard InChI is InChI=1S/C24H26N4O5S/c1-4-33-24(30)18-10-12-20(13-11-18)34(31,32)27-15-14-25-23(29)22(27)21-16(2)26-28(17(21)3)19-8-6-5-7-9-19/h5-13,22H,4,14-15H2,1-3H3,(H,25,29). The maximum absolute atomic E-state index is 13.6. The fourth-order valence-corrected chi connectivity index (χ4v) is 5.72. The number of nitrogens with zero attached hydrogens (tertiary/aromatic N) is 3. The van der Waals surface area contributed by atoms with Crippen molar-refractivity contribution < 1.29 is 22.7 Å². The molecule has 0 aliphatic carbocycles. The Labute approximate surface area is 198 Å². The molecule has 1 atom stereocenters. The summed E-state index contributed by atoms with van der Waals surface area (Å²) in [5.41, 5.74) is 2.87. The van der Waals surface area contributed by atoms with Crippen LogP contribution in [-0.2, 0) is 19.6 Å². The van der Waals surface area contributed by atoms with E-state index in [2.05, 4.69) is 10.4 Å². The van der Waals surface area contributed by atoms with E-state index in [0.29, 0.717) is 17.0 Å². The van der Waals surface area contributed by atoms with Gasteiger partial charge < -0.3 is 10.1 Å². The number of amides is 1. The fraction of sp³-hybridized carbons (Fsp3) is 0.292. The van der Waals surface area contributed by atoms with Crippen LogP contribution in [0.3, 0.4) is 0 Å². The third-order valence-electron chi connectivity index (χ3n) is 5.76. The minimum absolute atomic E-state index is 0.00833. The lowest BCUT2D eigenvalue weighted by atomic mass is 10.0. The van der Waals surface area contributed by atoms with Gasteiger partial charge in [0, 0.05) is 24.3 Å². The number of carbonyl (C=O) groups excluding carboxylic acids is 2. The summed E-state index contributed by atoms with van der Waals surface area (Å²) in [4.78, 5) is 25.0. The van der Waals surface area contributed by atoms with Gasteiger partial charge in [0.1, 0.15) is 6.04 Å². The molecule has 1 saturated heterocycles. The van der Waals surface area contributed by atoms with E-state index in [9.17, 15) is 18.0 Å². The highest BCUT2D eigenvalue weighted by atomic mass is 32.2. The molecule has 1 unspecified atom stereocenters. The predicted molar refractivity (Wildman–Crippen MR) is 125 cm³/mol. The molecule has 4 rings (SSSR count). The van der Waals surface area contributed by atoms with Crippen molar-refractivity contribution in [1.82, 2.24) is 19.4 Å². The monoisotopic (exact) mass is 482 g/mol. The molecule has 0 bridgehead atoms. The predicted octanol–water partition coefficient (Wildman–Crippen LogP) is 2.53. The van der Waals surface area contributed by atoms with Crippen molar-refractivity contribution >= 4 is 21.9 Å². The first kappa shape index (κ1) is 23.7. The van der Waals surface area contributed by atoms with Crippen molar-refractivity contribution in [3.63, 3.8) is 0 Å². The van der Waals surface area contributed by atoms with Crippen molar-refractivity contribution in [2.45, 2.75) is 31.7 Å². The van der Waals surface area contributed by atoms with E-state index in [1.54, 1.807) is 18.5 Å². The number of piperazine rings is 1. The average molecular weight is 483 g/mol. The molecule has 1 aromatic heterocycles. The van der Waals surface area contributed by atoms with Gasteiger partial charge in [-0.25, -0.2) is 17.9 Å². The molecule has 0 spiro atoms. The Bertz CT molecular complexity index is 1320. The molecule has 1 N–H and O–H groups in total. The molecular weight excluding hydrogens is 456 g/mol. The molecule has 1 fully saturated rings. The zero-order valence-corrected chi connectivity index (χ0v) is 20.0. The van der Waals surface area contributed by atoms with E-state index in [1.807, 2.05) is 37.3 Å². The quantitative estimate of drug-likeness (QED) is 0.541. The summed E-state index contributed by atoms with van der Waals surface area (Å²) in [5, 5.41) is 7.37. The molecule has 3 aromatic rings. The van der Waals surface area contributed by atoms with Crippen LogP contribution in [0.5, 0.6) is 0 Å². The largest absolute Gasteiger partial charge is 0.462 e. The highest BCUT2D eigenvalue weighted by Gasteiger charge is 2.42. The minimum Gasteiger partial charge on any atom is -0.462 e. The Balaban J connectivity index is 1.75. The highest BCUT2D eigenvalue weighted by Crippen LogP contribution is 2.34. The second kappa shape index (κ2) is 9.40. The number of esters is 1. The van der Waals surface area contributed by atoms with Gasteiger partial charge in [0.05, 0.1) is 28.4 Å². The lowest BCUT2D eigenvalue weighted by Gasteiger charge is -2.34. The number of hydrogen-bond acceptors (Lipinski definition) is 6. The number of benzene rings is 2. The number of carbonyl (C=O) groups is 2. The normalized spacial score (nSPS) is 16.8. The number of sulfonamides is 1. The molecule has 1 amide bonds. The molecule has 0 radical (unpaired) electrons. The molecule has 0 saturated carbocycles. The first-order chi connectivity index (χ1) is 16.3. The van der Waals surface area contributed by atoms with Gasteiger partial charge in [-0.3, -0.25) is 4.79 Å². The van der Waals surface area contributed by atoms with Crippen LogP contribution in [-0.4, -0.2) is 54.1 Å². The Morgan fingerprint density at radius 3 is 2.44 bits per heavy atom. The second-order valence-electron chi connectivity index (χ2n) is 7.89. The van der Waals surface area contributed by atoms with Crippen LogP contribution >= 0.6 is 0 Å². The van der Waals surface area contributed by atoms with Crippen molar-refractivity contribution in [2.24, 2.45) is 0 Å². The zero-order chi connectivity index (χ0) is 24.5. The summed E-state index contributed by atoms with van der Waals surface area (Å²) in [6.45, 7) is 5.81. The first-order valence-electron chi connectivity index (χ1n) is 10.9. The Morgan fingerprint density at radius 2 is 1.79 bits per heavy atom. The number of nitrogens with one attached hydrogen (secondary N) is 1. The molecule has 2 heterocycles. The summed E-state index contributed by atoms with van der Waals surface area (Å²) in [5.74, 6) is -0.932. The van der Waals surface area contributed by atoms with Crippen LogP contribution < -0.4 is 5.32 Å². The Morgan fingerprint density at radius 1 is 1.12 bits per heavy atom. The third-order valence-corrected chi connectivity index (χ3v) is 7.64. The molecule has 9 nitrogen and oxygen atoms in total. The second-order valence-corrected chi connectivity index (χ2v) is 9.78. The molecule has 2 aromatic carbocycles. The maximum Gasteiger partial charge on any atom is 0.338 e. The molecule has 1 aliphatic heterocycles. The number of hydrogen-bond donors (Lipinski definition) is 1. The van der Waals surface area contributed by atoms with Gasteiger partial charge in [0.2, 0.25) is 15.9 Å². The van der Waals surface area contributed by atoms with Gasteiger partial charge >= 0.3 is 5.97 Å². The van der Waals surface area contributed by atoms with E-state index >= 15 is 0 Å². The summed E-state index contributed by atoms with van der Waals surface area (Å²) < 4.78 is 35.1. The van der Waals surface area contributed by atoms with E-state index in [4.69, 9.17) is 4.74 Å². The van der Waals surface area contributed by atoms with E-state index in [-0.39, 0.29) is 30.2 Å². The molecule has 34 heavy (non-hydrogen) atoms. The van der Waals surface area contributed by atoms with Crippen molar-refractivity contribution in [1.29, 1.82) is 0 Å². The first-order valence-corrected chi connectivity index (χ1v) is 12.4. The van der Waals surface area contributed by atoms with Crippen LogP contribution in [0.1, 0.15) is 40.3 Å². The van der Waals surface area contributed by atoms with Gasteiger partial charge in [0.15, 0.2) is 0 Å². The van der Waals surface area contributed by atoms with Crippen LogP contribution in [0.25, 0.3) is 5.69 Å². The Hall–Kier alpha value is -3.50. The third kappa shape index (κ3) is 4.22. The molecular formula is C24H26N4O5S. The highest BCUT2D eigenvalue weighted by molar-refractivity contribution is 7.89. The van der Waals surface area contributed by atoms with Crippen LogP contribution in [0.4, 0.5) is 0 Å². The van der Waals surface area contributed by atoms with E-state index in [0.717, 1.165) is 5.69 Å². The SMILES string of the molecule is CCOC(=O)c1ccc(S(=O)(=O)N2CCNC(=O)C2c2c(C)nn(-c3ccccc3)c2C)cc1. The number of ether oxygens (including phenoxy) is 1. The topological polar surface area (TPSA) is 111 Å². The van der Waals surface area contributed by atoms with Gasteiger partial charge in [-0.15, -0.1) is 0 Å². The molecule has 10 heteroatoms. The molecule has 1 aliphatic rings. The number of aryl methyl sites for hydroxylation is 1. The van der Waals surface area contributed by atoms with Crippen LogP contribution in [0.15, 0.2) is 59.5 Å². The summed E-state index contributed by atoms with van der Waals surface area (Å²) in [6.07, 6.45) is 0. The zero-order valence-electron chi connectivity index (χ0n) is 19.2. The fourth-order valence-electron chi connectivity index (χ4n) is 4.16.